The number of nitrogens with zero attached hydrogens (tertiary/aromatic N) is 3. The van der Waals surface area contributed by atoms with Gasteiger partial charge in [0.25, 0.3) is 9.79 Å². The number of hydrogen-bond acceptors (Lipinski definition) is 4. The van der Waals surface area contributed by atoms with Crippen molar-refractivity contribution in [1.29, 1.82) is 0 Å². The molecule has 5 nitrogen and oxygen atoms in total. The quantitative estimate of drug-likeness (QED) is 0.799. The van der Waals surface area contributed by atoms with Crippen LogP contribution >= 0.6 is 22.6 Å². The normalized spacial score (nSPS) is 10.5. The highest BCUT2D eigenvalue weighted by Gasteiger charge is 2.10. The van der Waals surface area contributed by atoms with Crippen LogP contribution in [-0.2, 0) is 0 Å². The molecule has 0 aliphatic heterocycles. The Hall–Kier alpha value is -0.920. The molecule has 0 saturated heterocycles. The van der Waals surface area contributed by atoms with Gasteiger partial charge in [-0.1, -0.05) is 0 Å². The van der Waals surface area contributed by atoms with E-state index < -0.39 is 0 Å². The lowest BCUT2D eigenvalue weighted by Crippen LogP contribution is -1.78. The van der Waals surface area contributed by atoms with Crippen molar-refractivity contribution >= 4 is 22.6 Å². The third kappa shape index (κ3) is 1.22. The zero-order valence-corrected chi connectivity index (χ0v) is 8.36. The van der Waals surface area contributed by atoms with Crippen LogP contribution in [0.25, 0.3) is 11.5 Å². The lowest BCUT2D eigenvalue weighted by molar-refractivity contribution is 0.536. The summed E-state index contributed by atoms with van der Waals surface area (Å²) in [7, 11) is 0. The monoisotopic (exact) mass is 276 g/mol. The van der Waals surface area contributed by atoms with Crippen LogP contribution in [0.5, 0.6) is 0 Å². The number of hydrogen-bond donors (Lipinski definition) is 1. The van der Waals surface area contributed by atoms with Crippen molar-refractivity contribution in [3.05, 3.63) is 15.8 Å². The first-order valence-electron chi connectivity index (χ1n) is 3.26. The van der Waals surface area contributed by atoms with E-state index in [-0.39, 0.29) is 0 Å². The summed E-state index contributed by atoms with van der Waals surface area (Å²) in [5, 5.41) is 14.2. The van der Waals surface area contributed by atoms with Crippen LogP contribution in [0.3, 0.4) is 0 Å². The van der Waals surface area contributed by atoms with Crippen LogP contribution in [0, 0.1) is 10.8 Å². The molecule has 2 rings (SSSR count). The molecule has 0 saturated carbocycles. The highest BCUT2D eigenvalue weighted by atomic mass is 127. The standard InChI is InChI=1S/C6H5IN4O/c1-3-4(2-8-9-3)5-10-11-6(7)12-5/h2H,1H3,(H,8,9). The molecule has 2 heterocycles. The van der Waals surface area contributed by atoms with Gasteiger partial charge in [0, 0.05) is 28.3 Å². The molecule has 2 aromatic rings. The van der Waals surface area contributed by atoms with Gasteiger partial charge in [-0.15, -0.1) is 10.2 Å². The van der Waals surface area contributed by atoms with Gasteiger partial charge in [0.1, 0.15) is 0 Å². The van der Waals surface area contributed by atoms with Crippen LogP contribution < -0.4 is 0 Å². The first-order valence-corrected chi connectivity index (χ1v) is 4.34. The number of H-pyrrole nitrogens is 1. The number of aromatic nitrogens is 4. The van der Waals surface area contributed by atoms with Gasteiger partial charge in [0.15, 0.2) is 0 Å². The smallest absolute Gasteiger partial charge is 0.278 e. The Morgan fingerprint density at radius 3 is 2.83 bits per heavy atom. The van der Waals surface area contributed by atoms with Crippen molar-refractivity contribution in [1.82, 2.24) is 20.4 Å². The molecular formula is C6H5IN4O. The van der Waals surface area contributed by atoms with E-state index in [1.165, 1.54) is 0 Å². The third-order valence-corrected chi connectivity index (χ3v) is 1.90. The molecule has 0 atom stereocenters. The molecule has 0 fully saturated rings. The van der Waals surface area contributed by atoms with E-state index in [2.05, 4.69) is 20.4 Å². The van der Waals surface area contributed by atoms with E-state index in [1.807, 2.05) is 29.5 Å². The van der Waals surface area contributed by atoms with E-state index >= 15 is 0 Å². The van der Waals surface area contributed by atoms with Crippen LogP contribution in [0.2, 0.25) is 0 Å². The van der Waals surface area contributed by atoms with Crippen molar-refractivity contribution in [2.24, 2.45) is 0 Å². The average Bonchev–Trinajstić information content (AvgIpc) is 2.58. The Labute approximate surface area is 81.7 Å². The Morgan fingerprint density at radius 1 is 1.50 bits per heavy atom. The van der Waals surface area contributed by atoms with Crippen molar-refractivity contribution in [3.63, 3.8) is 0 Å². The molecule has 0 bridgehead atoms. The summed E-state index contributed by atoms with van der Waals surface area (Å²) >= 11 is 1.97. The van der Waals surface area contributed by atoms with Gasteiger partial charge in [0.05, 0.1) is 11.8 Å². The summed E-state index contributed by atoms with van der Waals surface area (Å²) in [6.45, 7) is 1.90. The fourth-order valence-corrected chi connectivity index (χ4v) is 1.20. The van der Waals surface area contributed by atoms with Crippen LogP contribution in [-0.4, -0.2) is 20.4 Å². The summed E-state index contributed by atoms with van der Waals surface area (Å²) in [6.07, 6.45) is 1.67. The van der Waals surface area contributed by atoms with Gasteiger partial charge >= 0.3 is 0 Å². The molecule has 12 heavy (non-hydrogen) atoms. The first-order chi connectivity index (χ1) is 5.77. The SMILES string of the molecule is Cc1[nH]ncc1-c1nnc(I)o1. The van der Waals surface area contributed by atoms with Gasteiger partial charge in [-0.05, 0) is 6.92 Å². The zero-order chi connectivity index (χ0) is 8.55. The molecular weight excluding hydrogens is 271 g/mol. The molecule has 0 spiro atoms. The first kappa shape index (κ1) is 7.71. The largest absolute Gasteiger partial charge is 0.412 e. The predicted octanol–water partition coefficient (Wildman–Crippen LogP) is 1.37. The van der Waals surface area contributed by atoms with Crippen LogP contribution in [0.4, 0.5) is 0 Å². The number of rotatable bonds is 1. The fraction of sp³-hybridized carbons (Fsp3) is 0.167. The van der Waals surface area contributed by atoms with Crippen molar-refractivity contribution < 1.29 is 4.42 Å². The van der Waals surface area contributed by atoms with Crippen LogP contribution in [0.1, 0.15) is 5.69 Å². The number of aryl methyl sites for hydroxylation is 1. The topological polar surface area (TPSA) is 67.6 Å². The minimum atomic E-state index is 0.505. The van der Waals surface area contributed by atoms with E-state index in [0.29, 0.717) is 9.79 Å². The molecule has 0 aliphatic rings. The van der Waals surface area contributed by atoms with Crippen molar-refractivity contribution in [3.8, 4) is 11.5 Å². The van der Waals surface area contributed by atoms with Gasteiger partial charge in [-0.3, -0.25) is 5.10 Å². The number of nitrogens with one attached hydrogen (secondary N) is 1. The molecule has 0 radical (unpaired) electrons. The Morgan fingerprint density at radius 2 is 2.33 bits per heavy atom. The molecule has 6 heteroatoms. The predicted molar refractivity (Wildman–Crippen MR) is 49.3 cm³/mol. The molecule has 0 aromatic carbocycles. The highest BCUT2D eigenvalue weighted by molar-refractivity contribution is 14.1. The van der Waals surface area contributed by atoms with Gasteiger partial charge < -0.3 is 4.42 Å². The molecule has 2 aromatic heterocycles. The molecule has 0 amide bonds. The molecule has 62 valence electrons. The van der Waals surface area contributed by atoms with E-state index in [4.69, 9.17) is 4.42 Å². The second-order valence-electron chi connectivity index (χ2n) is 2.27. The maximum Gasteiger partial charge on any atom is 0.278 e. The average molecular weight is 276 g/mol. The number of aromatic amines is 1. The summed E-state index contributed by atoms with van der Waals surface area (Å²) in [5.74, 6) is 0.505. The maximum absolute atomic E-state index is 5.21. The highest BCUT2D eigenvalue weighted by Crippen LogP contribution is 2.19. The second kappa shape index (κ2) is 2.85. The summed E-state index contributed by atoms with van der Waals surface area (Å²) < 4.78 is 5.74. The van der Waals surface area contributed by atoms with E-state index in [1.54, 1.807) is 6.20 Å². The lowest BCUT2D eigenvalue weighted by Gasteiger charge is -1.87. The summed E-state index contributed by atoms with van der Waals surface area (Å²) in [5.41, 5.74) is 1.78. The minimum Gasteiger partial charge on any atom is -0.412 e. The lowest BCUT2D eigenvalue weighted by atomic mass is 10.3. The Balaban J connectivity index is 2.50. The summed E-state index contributed by atoms with van der Waals surface area (Å²) in [4.78, 5) is 0. The van der Waals surface area contributed by atoms with E-state index in [0.717, 1.165) is 11.3 Å². The Kier molecular flexibility index (Phi) is 1.83. The number of halogens is 1. The van der Waals surface area contributed by atoms with Gasteiger partial charge in [-0.25, -0.2) is 0 Å². The fourth-order valence-electron chi connectivity index (χ4n) is 0.880. The molecule has 0 unspecified atom stereocenters. The van der Waals surface area contributed by atoms with Crippen LogP contribution in [0.15, 0.2) is 10.6 Å². The van der Waals surface area contributed by atoms with E-state index in [9.17, 15) is 0 Å². The van der Waals surface area contributed by atoms with Crippen molar-refractivity contribution in [2.45, 2.75) is 6.92 Å². The minimum absolute atomic E-state index is 0.505. The third-order valence-electron chi connectivity index (χ3n) is 1.46. The van der Waals surface area contributed by atoms with Crippen molar-refractivity contribution in [2.75, 3.05) is 0 Å². The van der Waals surface area contributed by atoms with Gasteiger partial charge in [0.2, 0.25) is 0 Å². The Bertz CT molecular complexity index is 394. The zero-order valence-electron chi connectivity index (χ0n) is 6.21. The molecule has 1 N–H and O–H groups in total. The molecule has 0 aliphatic carbocycles. The summed E-state index contributed by atoms with van der Waals surface area (Å²) in [6, 6.07) is 0. The maximum atomic E-state index is 5.21. The van der Waals surface area contributed by atoms with Gasteiger partial charge in [-0.2, -0.15) is 5.10 Å². The second-order valence-corrected chi connectivity index (χ2v) is 3.19.